The number of nitro benzene ring substituents is 1. The van der Waals surface area contributed by atoms with Gasteiger partial charge in [0.1, 0.15) is 5.69 Å². The van der Waals surface area contributed by atoms with Gasteiger partial charge in [-0.3, -0.25) is 14.9 Å². The number of aryl methyl sites for hydroxylation is 1. The Kier molecular flexibility index (Phi) is 6.67. The number of hydrogen-bond acceptors (Lipinski definition) is 5. The maximum Gasteiger partial charge on any atom is 0.331 e. The van der Waals surface area contributed by atoms with E-state index < -0.39 is 23.4 Å². The van der Waals surface area contributed by atoms with Crippen molar-refractivity contribution >= 4 is 40.9 Å². The SMILES string of the molecule is Cc1ccc([N+](=O)[O-])c(NC(=O)COC(=O)/C=C/c2cccc(Cl)c2)c1C. The first-order chi connectivity index (χ1) is 12.8. The molecule has 1 amide bonds. The van der Waals surface area contributed by atoms with Gasteiger partial charge in [0.15, 0.2) is 6.61 Å². The molecule has 2 aromatic rings. The van der Waals surface area contributed by atoms with E-state index >= 15 is 0 Å². The molecule has 2 aromatic carbocycles. The Morgan fingerprint density at radius 2 is 2.00 bits per heavy atom. The van der Waals surface area contributed by atoms with Gasteiger partial charge >= 0.3 is 5.97 Å². The van der Waals surface area contributed by atoms with E-state index in [1.807, 2.05) is 0 Å². The van der Waals surface area contributed by atoms with Crippen LogP contribution in [0.1, 0.15) is 16.7 Å². The molecule has 0 saturated carbocycles. The van der Waals surface area contributed by atoms with Crippen LogP contribution in [0.2, 0.25) is 5.02 Å². The summed E-state index contributed by atoms with van der Waals surface area (Å²) in [6, 6.07) is 9.77. The van der Waals surface area contributed by atoms with E-state index in [1.54, 1.807) is 44.2 Å². The summed E-state index contributed by atoms with van der Waals surface area (Å²) >= 11 is 5.85. The molecule has 8 heteroatoms. The Balaban J connectivity index is 1.98. The molecule has 0 aliphatic rings. The van der Waals surface area contributed by atoms with Crippen molar-refractivity contribution in [1.82, 2.24) is 0 Å². The van der Waals surface area contributed by atoms with Gasteiger partial charge in [0.25, 0.3) is 11.6 Å². The van der Waals surface area contributed by atoms with Crippen molar-refractivity contribution in [2.45, 2.75) is 13.8 Å². The Morgan fingerprint density at radius 1 is 1.26 bits per heavy atom. The zero-order valence-corrected chi connectivity index (χ0v) is 15.4. The van der Waals surface area contributed by atoms with Gasteiger partial charge in [-0.2, -0.15) is 0 Å². The minimum Gasteiger partial charge on any atom is -0.452 e. The van der Waals surface area contributed by atoms with Gasteiger partial charge < -0.3 is 10.1 Å². The van der Waals surface area contributed by atoms with Gasteiger partial charge in [-0.05, 0) is 48.7 Å². The number of ether oxygens (including phenoxy) is 1. The lowest BCUT2D eigenvalue weighted by atomic mass is 10.1. The van der Waals surface area contributed by atoms with Gasteiger partial charge in [0.05, 0.1) is 4.92 Å². The fourth-order valence-corrected chi connectivity index (χ4v) is 2.45. The number of halogens is 1. The Labute approximate surface area is 160 Å². The number of nitro groups is 1. The third-order valence-electron chi connectivity index (χ3n) is 3.78. The van der Waals surface area contributed by atoms with Crippen molar-refractivity contribution < 1.29 is 19.2 Å². The fourth-order valence-electron chi connectivity index (χ4n) is 2.25. The molecule has 0 bridgehead atoms. The second kappa shape index (κ2) is 8.95. The predicted molar refractivity (Wildman–Crippen MR) is 103 cm³/mol. The van der Waals surface area contributed by atoms with E-state index in [0.717, 1.165) is 5.56 Å². The average molecular weight is 389 g/mol. The molecule has 27 heavy (non-hydrogen) atoms. The largest absolute Gasteiger partial charge is 0.452 e. The maximum atomic E-state index is 12.0. The molecule has 0 unspecified atom stereocenters. The van der Waals surface area contributed by atoms with Crippen molar-refractivity contribution in [2.75, 3.05) is 11.9 Å². The number of amides is 1. The monoisotopic (exact) mass is 388 g/mol. The van der Waals surface area contributed by atoms with Crippen LogP contribution in [0.3, 0.4) is 0 Å². The molecule has 1 N–H and O–H groups in total. The van der Waals surface area contributed by atoms with Crippen molar-refractivity contribution in [3.05, 3.63) is 74.3 Å². The Bertz CT molecular complexity index is 924. The first-order valence-electron chi connectivity index (χ1n) is 7.93. The zero-order chi connectivity index (χ0) is 20.0. The summed E-state index contributed by atoms with van der Waals surface area (Å²) in [5.41, 5.74) is 1.94. The van der Waals surface area contributed by atoms with E-state index in [2.05, 4.69) is 5.32 Å². The number of hydrogen-bond donors (Lipinski definition) is 1. The van der Waals surface area contributed by atoms with E-state index in [9.17, 15) is 19.7 Å². The molecule has 0 atom stereocenters. The minimum absolute atomic E-state index is 0.0931. The van der Waals surface area contributed by atoms with E-state index in [0.29, 0.717) is 16.1 Å². The fraction of sp³-hybridized carbons (Fsp3) is 0.158. The predicted octanol–water partition coefficient (Wildman–Crippen LogP) is 4.06. The second-order valence-corrected chi connectivity index (χ2v) is 6.14. The Hall–Kier alpha value is -3.19. The number of esters is 1. The molecule has 0 saturated heterocycles. The van der Waals surface area contributed by atoms with Crippen LogP contribution in [0.25, 0.3) is 6.08 Å². The normalized spacial score (nSPS) is 10.6. The van der Waals surface area contributed by atoms with Crippen LogP contribution in [0.4, 0.5) is 11.4 Å². The number of carbonyl (C=O) groups excluding carboxylic acids is 2. The van der Waals surface area contributed by atoms with Crippen LogP contribution in [0.15, 0.2) is 42.5 Å². The summed E-state index contributed by atoms with van der Waals surface area (Å²) in [6.07, 6.45) is 2.67. The molecule has 0 spiro atoms. The molecule has 0 aliphatic heterocycles. The highest BCUT2D eigenvalue weighted by molar-refractivity contribution is 6.30. The lowest BCUT2D eigenvalue weighted by Crippen LogP contribution is -2.21. The molecular formula is C19H17ClN2O5. The summed E-state index contributed by atoms with van der Waals surface area (Å²) < 4.78 is 4.86. The quantitative estimate of drug-likeness (QED) is 0.348. The number of carbonyl (C=O) groups is 2. The van der Waals surface area contributed by atoms with Gasteiger partial charge in [0.2, 0.25) is 0 Å². The minimum atomic E-state index is -0.722. The lowest BCUT2D eigenvalue weighted by molar-refractivity contribution is -0.384. The first-order valence-corrected chi connectivity index (χ1v) is 8.30. The molecule has 0 radical (unpaired) electrons. The second-order valence-electron chi connectivity index (χ2n) is 5.70. The lowest BCUT2D eigenvalue weighted by Gasteiger charge is -2.11. The average Bonchev–Trinajstić information content (AvgIpc) is 2.62. The molecule has 0 heterocycles. The summed E-state index contributed by atoms with van der Waals surface area (Å²) in [5, 5.41) is 14.1. The molecule has 0 fully saturated rings. The van der Waals surface area contributed by atoms with Crippen LogP contribution in [0.5, 0.6) is 0 Å². The number of nitrogens with one attached hydrogen (secondary N) is 1. The van der Waals surface area contributed by atoms with Crippen molar-refractivity contribution in [2.24, 2.45) is 0 Å². The molecule has 0 aliphatic carbocycles. The third kappa shape index (κ3) is 5.65. The summed E-state index contributed by atoms with van der Waals surface area (Å²) in [5.74, 6) is -1.39. The van der Waals surface area contributed by atoms with Crippen molar-refractivity contribution in [1.29, 1.82) is 0 Å². The highest BCUT2D eigenvalue weighted by Gasteiger charge is 2.19. The maximum absolute atomic E-state index is 12.0. The smallest absolute Gasteiger partial charge is 0.331 e. The van der Waals surface area contributed by atoms with E-state index in [1.165, 1.54) is 18.2 Å². The molecule has 2 rings (SSSR count). The first kappa shape index (κ1) is 20.1. The van der Waals surface area contributed by atoms with Gasteiger partial charge in [-0.1, -0.05) is 29.8 Å². The van der Waals surface area contributed by atoms with Crippen molar-refractivity contribution in [3.8, 4) is 0 Å². The summed E-state index contributed by atoms with van der Waals surface area (Å²) in [6.45, 7) is 2.87. The van der Waals surface area contributed by atoms with Crippen LogP contribution in [0, 0.1) is 24.0 Å². The zero-order valence-electron chi connectivity index (χ0n) is 14.7. The number of anilines is 1. The highest BCUT2D eigenvalue weighted by atomic mass is 35.5. The van der Waals surface area contributed by atoms with E-state index in [4.69, 9.17) is 16.3 Å². The number of nitrogens with zero attached hydrogens (tertiary/aromatic N) is 1. The van der Waals surface area contributed by atoms with Crippen molar-refractivity contribution in [3.63, 3.8) is 0 Å². The van der Waals surface area contributed by atoms with Crippen LogP contribution in [-0.2, 0) is 14.3 Å². The number of benzene rings is 2. The van der Waals surface area contributed by atoms with Gasteiger partial charge in [-0.15, -0.1) is 0 Å². The number of rotatable bonds is 6. The van der Waals surface area contributed by atoms with E-state index in [-0.39, 0.29) is 11.4 Å². The third-order valence-corrected chi connectivity index (χ3v) is 4.02. The Morgan fingerprint density at radius 3 is 2.67 bits per heavy atom. The molecular weight excluding hydrogens is 372 g/mol. The molecule has 140 valence electrons. The van der Waals surface area contributed by atoms with Crippen LogP contribution >= 0.6 is 11.6 Å². The van der Waals surface area contributed by atoms with Gasteiger partial charge in [0, 0.05) is 17.2 Å². The highest BCUT2D eigenvalue weighted by Crippen LogP contribution is 2.30. The topological polar surface area (TPSA) is 98.5 Å². The summed E-state index contributed by atoms with van der Waals surface area (Å²) in [4.78, 5) is 34.3. The standard InChI is InChI=1S/C19H17ClN2O5/c1-12-6-8-16(22(25)26)19(13(12)2)21-17(23)11-27-18(24)9-7-14-4-3-5-15(20)10-14/h3-10H,11H2,1-2H3,(H,21,23)/b9-7+. The van der Waals surface area contributed by atoms with Gasteiger partial charge in [-0.25, -0.2) is 4.79 Å². The molecule has 7 nitrogen and oxygen atoms in total. The molecule has 0 aromatic heterocycles. The van der Waals surface area contributed by atoms with Crippen LogP contribution < -0.4 is 5.32 Å². The van der Waals surface area contributed by atoms with Crippen LogP contribution in [-0.4, -0.2) is 23.4 Å². The summed E-state index contributed by atoms with van der Waals surface area (Å²) in [7, 11) is 0.